The van der Waals surface area contributed by atoms with Gasteiger partial charge < -0.3 is 9.88 Å². The molecule has 1 aromatic carbocycles. The minimum atomic E-state index is -4.96. The largest absolute Gasteiger partial charge is 0.409 e. The highest BCUT2D eigenvalue weighted by atomic mass is 35.5. The Kier molecular flexibility index (Phi) is 7.28. The number of alkyl halides is 3. The van der Waals surface area contributed by atoms with Gasteiger partial charge in [-0.25, -0.2) is 17.2 Å². The number of halogens is 6. The van der Waals surface area contributed by atoms with E-state index in [0.29, 0.717) is 13.1 Å². The van der Waals surface area contributed by atoms with Crippen molar-refractivity contribution in [2.24, 2.45) is 7.05 Å². The summed E-state index contributed by atoms with van der Waals surface area (Å²) in [6.45, 7) is 3.66. The van der Waals surface area contributed by atoms with Crippen molar-refractivity contribution < 1.29 is 35.2 Å². The number of hydrogen-bond donors (Lipinski definition) is 1. The molecule has 2 aromatic rings. The van der Waals surface area contributed by atoms with Crippen molar-refractivity contribution in [1.29, 1.82) is 5.26 Å². The van der Waals surface area contributed by atoms with E-state index in [4.69, 9.17) is 16.9 Å². The molecule has 1 amide bonds. The highest BCUT2D eigenvalue weighted by Gasteiger charge is 2.45. The number of carbonyl (C=O) groups is 1. The number of benzene rings is 1. The Morgan fingerprint density at radius 1 is 1.36 bits per heavy atom. The molecule has 0 radical (unpaired) electrons. The average Bonchev–Trinajstić information content (AvgIpc) is 3.02. The molecule has 1 heterocycles. The van der Waals surface area contributed by atoms with Crippen LogP contribution in [-0.2, 0) is 17.1 Å². The molecule has 0 aliphatic carbocycles. The second-order valence-corrected chi connectivity index (χ2v) is 8.69. The zero-order valence-electron chi connectivity index (χ0n) is 16.8. The molecule has 0 aliphatic heterocycles. The second kappa shape index (κ2) is 9.27. The van der Waals surface area contributed by atoms with Gasteiger partial charge in [0, 0.05) is 13.2 Å². The summed E-state index contributed by atoms with van der Waals surface area (Å²) in [5, 5.41) is 10.1. The molecule has 0 unspecified atom stereocenters. The first-order chi connectivity index (χ1) is 15.2. The smallest absolute Gasteiger partial charge is 0.344 e. The number of rotatable bonds is 6. The van der Waals surface area contributed by atoms with E-state index < -0.39 is 66.6 Å². The van der Waals surface area contributed by atoms with Gasteiger partial charge in [0.15, 0.2) is 5.82 Å². The molecule has 0 saturated heterocycles. The van der Waals surface area contributed by atoms with Gasteiger partial charge in [-0.3, -0.25) is 9.10 Å². The SMILES string of the molecule is C=C=CN([C@H](C)C(F)(F)F)S(=O)(=O)c1cn(C)c(C(=O)Nc2ccc(F)c(C#N)c2F)c1Cl. The molecule has 0 bridgehead atoms. The number of amides is 1. The van der Waals surface area contributed by atoms with Gasteiger partial charge in [-0.05, 0) is 19.1 Å². The van der Waals surface area contributed by atoms with Gasteiger partial charge >= 0.3 is 6.18 Å². The Bertz CT molecular complexity index is 1310. The lowest BCUT2D eigenvalue weighted by atomic mass is 10.2. The molecule has 1 atom stereocenters. The van der Waals surface area contributed by atoms with Crippen molar-refractivity contribution in [3.63, 3.8) is 0 Å². The predicted molar refractivity (Wildman–Crippen MR) is 108 cm³/mol. The van der Waals surface area contributed by atoms with E-state index in [9.17, 15) is 35.2 Å². The lowest BCUT2D eigenvalue weighted by molar-refractivity contribution is -0.161. The third-order valence-electron chi connectivity index (χ3n) is 4.38. The number of nitriles is 1. The number of sulfonamides is 1. The van der Waals surface area contributed by atoms with E-state index in [1.165, 1.54) is 13.1 Å². The van der Waals surface area contributed by atoms with Crippen LogP contribution >= 0.6 is 11.6 Å². The van der Waals surface area contributed by atoms with E-state index in [2.05, 4.69) is 6.58 Å². The first-order valence-electron chi connectivity index (χ1n) is 8.68. The lowest BCUT2D eigenvalue weighted by Crippen LogP contribution is -2.43. The van der Waals surface area contributed by atoms with E-state index in [1.807, 2.05) is 11.0 Å². The van der Waals surface area contributed by atoms with Crippen molar-refractivity contribution in [3.05, 3.63) is 64.8 Å². The Morgan fingerprint density at radius 2 is 1.97 bits per heavy atom. The van der Waals surface area contributed by atoms with Crippen molar-refractivity contribution in [1.82, 2.24) is 8.87 Å². The minimum absolute atomic E-state index is 0.0677. The standard InChI is InChI=1S/C19H14ClF5N4O3S/c1-4-7-29(10(2)19(23,24)25)33(31,32)14-9-28(3)17(15(14)20)18(30)27-13-6-5-12(21)11(8-26)16(13)22/h5-7,9-10H,1H2,2-3H3,(H,27,30)/t10-/m1/s1. The summed E-state index contributed by atoms with van der Waals surface area (Å²) >= 11 is 6.04. The Morgan fingerprint density at radius 3 is 2.48 bits per heavy atom. The molecule has 33 heavy (non-hydrogen) atoms. The summed E-state index contributed by atoms with van der Waals surface area (Å²) in [6.07, 6.45) is -3.70. The van der Waals surface area contributed by atoms with Crippen LogP contribution in [0.3, 0.4) is 0 Å². The fourth-order valence-corrected chi connectivity index (χ4v) is 4.83. The quantitative estimate of drug-likeness (QED) is 0.464. The van der Waals surface area contributed by atoms with Crippen LogP contribution in [-0.4, -0.2) is 35.4 Å². The summed E-state index contributed by atoms with van der Waals surface area (Å²) in [5.41, 5.74) is -0.177. The summed E-state index contributed by atoms with van der Waals surface area (Å²) in [6, 6.07) is 0.301. The number of anilines is 1. The summed E-state index contributed by atoms with van der Waals surface area (Å²) in [5.74, 6) is -3.73. The monoisotopic (exact) mass is 508 g/mol. The second-order valence-electron chi connectivity index (χ2n) is 6.50. The number of aromatic nitrogens is 1. The van der Waals surface area contributed by atoms with Crippen LogP contribution in [0.25, 0.3) is 0 Å². The van der Waals surface area contributed by atoms with Crippen LogP contribution in [0.2, 0.25) is 5.02 Å². The van der Waals surface area contributed by atoms with Gasteiger partial charge in [-0.2, -0.15) is 18.4 Å². The first kappa shape index (κ1) is 25.9. The van der Waals surface area contributed by atoms with Crippen LogP contribution in [0.5, 0.6) is 0 Å². The molecule has 7 nitrogen and oxygen atoms in total. The third kappa shape index (κ3) is 4.88. The van der Waals surface area contributed by atoms with E-state index >= 15 is 0 Å². The normalized spacial score (nSPS) is 12.5. The molecular weight excluding hydrogens is 495 g/mol. The molecule has 2 rings (SSSR count). The molecule has 1 N–H and O–H groups in total. The maximum Gasteiger partial charge on any atom is 0.409 e. The van der Waals surface area contributed by atoms with E-state index in [0.717, 1.165) is 22.9 Å². The summed E-state index contributed by atoms with van der Waals surface area (Å²) < 4.78 is 94.0. The molecule has 176 valence electrons. The summed E-state index contributed by atoms with van der Waals surface area (Å²) in [4.78, 5) is 11.8. The van der Waals surface area contributed by atoms with Gasteiger partial charge in [-0.1, -0.05) is 18.2 Å². The maximum atomic E-state index is 14.3. The Balaban J connectivity index is 2.55. The molecular formula is C19H14ClF5N4O3S. The van der Waals surface area contributed by atoms with Crippen molar-refractivity contribution in [3.8, 4) is 6.07 Å². The molecule has 0 fully saturated rings. The van der Waals surface area contributed by atoms with Crippen LogP contribution < -0.4 is 5.32 Å². The Labute approximate surface area is 190 Å². The van der Waals surface area contributed by atoms with Crippen molar-refractivity contribution >= 4 is 33.2 Å². The molecule has 1 aromatic heterocycles. The van der Waals surface area contributed by atoms with E-state index in [1.54, 1.807) is 0 Å². The Hall–Kier alpha value is -3.33. The van der Waals surface area contributed by atoms with Crippen molar-refractivity contribution in [2.45, 2.75) is 24.0 Å². The summed E-state index contributed by atoms with van der Waals surface area (Å²) in [7, 11) is -3.78. The van der Waals surface area contributed by atoms with Gasteiger partial charge in [0.25, 0.3) is 15.9 Å². The zero-order chi connectivity index (χ0) is 25.3. The van der Waals surface area contributed by atoms with Crippen LogP contribution in [0.4, 0.5) is 27.6 Å². The zero-order valence-corrected chi connectivity index (χ0v) is 18.4. The minimum Gasteiger partial charge on any atom is -0.344 e. The molecule has 0 saturated carbocycles. The molecule has 14 heteroatoms. The fraction of sp³-hybridized carbons (Fsp3) is 0.211. The topological polar surface area (TPSA) is 95.2 Å². The fourth-order valence-electron chi connectivity index (χ4n) is 2.68. The van der Waals surface area contributed by atoms with Crippen LogP contribution in [0.15, 0.2) is 41.7 Å². The van der Waals surface area contributed by atoms with Crippen molar-refractivity contribution in [2.75, 3.05) is 5.32 Å². The number of aryl methyl sites for hydroxylation is 1. The highest BCUT2D eigenvalue weighted by molar-refractivity contribution is 7.89. The van der Waals surface area contributed by atoms with Gasteiger partial charge in [-0.15, -0.1) is 5.73 Å². The van der Waals surface area contributed by atoms with Gasteiger partial charge in [0.05, 0.1) is 16.9 Å². The molecule has 0 spiro atoms. The van der Waals surface area contributed by atoms with E-state index in [-0.39, 0.29) is 4.31 Å². The van der Waals surface area contributed by atoms with Crippen LogP contribution in [0, 0.1) is 23.0 Å². The number of nitrogens with zero attached hydrogens (tertiary/aromatic N) is 3. The average molecular weight is 509 g/mol. The first-order valence-corrected chi connectivity index (χ1v) is 10.5. The number of nitrogens with one attached hydrogen (secondary N) is 1. The predicted octanol–water partition coefficient (Wildman–Crippen LogP) is 4.32. The molecule has 0 aliphatic rings. The van der Waals surface area contributed by atoms with Gasteiger partial charge in [0.1, 0.15) is 34.1 Å². The number of carbonyl (C=O) groups excluding carboxylic acids is 1. The highest BCUT2D eigenvalue weighted by Crippen LogP contribution is 2.34. The maximum absolute atomic E-state index is 14.3. The lowest BCUT2D eigenvalue weighted by Gasteiger charge is -2.27. The number of hydrogen-bond acceptors (Lipinski definition) is 4. The third-order valence-corrected chi connectivity index (χ3v) is 6.72. The van der Waals surface area contributed by atoms with Crippen LogP contribution in [0.1, 0.15) is 23.0 Å². The van der Waals surface area contributed by atoms with Gasteiger partial charge in [0.2, 0.25) is 0 Å².